The minimum atomic E-state index is 0.684. The number of para-hydroxylation sites is 1. The third-order valence-corrected chi connectivity index (χ3v) is 3.05. The normalized spacial score (nSPS) is 10.8. The fourth-order valence-electron chi connectivity index (χ4n) is 1.84. The molecule has 2 heterocycles. The number of aromatic nitrogens is 3. The Balaban J connectivity index is 2.16. The number of rotatable bonds is 1. The van der Waals surface area contributed by atoms with Gasteiger partial charge in [0.1, 0.15) is 5.69 Å². The van der Waals surface area contributed by atoms with Crippen molar-refractivity contribution in [3.8, 4) is 11.5 Å². The van der Waals surface area contributed by atoms with Gasteiger partial charge in [-0.3, -0.25) is 0 Å². The lowest BCUT2D eigenvalue weighted by molar-refractivity contribution is 1.06. The number of hydrogen-bond acceptors (Lipinski definition) is 3. The monoisotopic (exact) mass is 235 g/mol. The molecule has 0 fully saturated rings. The van der Waals surface area contributed by atoms with Gasteiger partial charge < -0.3 is 0 Å². The molecule has 3 rings (SSSR count). The first-order valence-electron chi connectivity index (χ1n) is 5.90. The van der Waals surface area contributed by atoms with Crippen LogP contribution in [0.1, 0.15) is 11.3 Å². The fraction of sp³-hybridized carbons (Fsp3) is 0.133. The topological polar surface area (TPSA) is 38.7 Å². The quantitative estimate of drug-likeness (QED) is 0.649. The average molecular weight is 235 g/mol. The number of pyridine rings is 1. The van der Waals surface area contributed by atoms with Crippen LogP contribution in [0.3, 0.4) is 0 Å². The molecule has 3 heteroatoms. The zero-order valence-electron chi connectivity index (χ0n) is 10.4. The molecule has 0 aliphatic heterocycles. The molecule has 0 spiro atoms. The lowest BCUT2D eigenvalue weighted by Gasteiger charge is -2.04. The number of fused-ring (bicyclic) bond motifs is 1. The van der Waals surface area contributed by atoms with Crippen molar-refractivity contribution in [2.24, 2.45) is 0 Å². The van der Waals surface area contributed by atoms with Crippen molar-refractivity contribution in [3.05, 3.63) is 53.9 Å². The molecule has 0 bridgehead atoms. The van der Waals surface area contributed by atoms with E-state index in [0.29, 0.717) is 5.82 Å². The Labute approximate surface area is 106 Å². The maximum Gasteiger partial charge on any atom is 0.178 e. The summed E-state index contributed by atoms with van der Waals surface area (Å²) in [7, 11) is 0. The van der Waals surface area contributed by atoms with Crippen LogP contribution in [0.4, 0.5) is 0 Å². The van der Waals surface area contributed by atoms with E-state index in [2.05, 4.69) is 21.0 Å². The fourth-order valence-corrected chi connectivity index (χ4v) is 1.84. The first-order valence-corrected chi connectivity index (χ1v) is 5.90. The van der Waals surface area contributed by atoms with Gasteiger partial charge in [-0.25, -0.2) is 15.0 Å². The molecule has 0 aliphatic carbocycles. The summed E-state index contributed by atoms with van der Waals surface area (Å²) in [4.78, 5) is 13.4. The Morgan fingerprint density at radius 3 is 2.56 bits per heavy atom. The molecule has 0 unspecified atom stereocenters. The molecule has 0 N–H and O–H groups in total. The van der Waals surface area contributed by atoms with Crippen LogP contribution in [0.25, 0.3) is 22.4 Å². The summed E-state index contributed by atoms with van der Waals surface area (Å²) in [6.45, 7) is 3.99. The van der Waals surface area contributed by atoms with Crippen LogP contribution in [-0.4, -0.2) is 15.0 Å². The molecular weight excluding hydrogens is 222 g/mol. The second-order valence-electron chi connectivity index (χ2n) is 4.35. The van der Waals surface area contributed by atoms with Crippen LogP contribution >= 0.6 is 0 Å². The van der Waals surface area contributed by atoms with Gasteiger partial charge in [0.15, 0.2) is 5.82 Å². The second-order valence-corrected chi connectivity index (χ2v) is 4.35. The first-order chi connectivity index (χ1) is 8.74. The Hall–Kier alpha value is -2.29. The van der Waals surface area contributed by atoms with Crippen LogP contribution in [0.5, 0.6) is 0 Å². The van der Waals surface area contributed by atoms with E-state index in [4.69, 9.17) is 0 Å². The number of benzene rings is 1. The van der Waals surface area contributed by atoms with Crippen molar-refractivity contribution >= 4 is 10.9 Å². The summed E-state index contributed by atoms with van der Waals surface area (Å²) in [5, 5.41) is 1.13. The van der Waals surface area contributed by atoms with Crippen LogP contribution in [-0.2, 0) is 0 Å². The molecule has 18 heavy (non-hydrogen) atoms. The van der Waals surface area contributed by atoms with Crippen LogP contribution in [0, 0.1) is 13.8 Å². The van der Waals surface area contributed by atoms with E-state index >= 15 is 0 Å². The van der Waals surface area contributed by atoms with Gasteiger partial charge in [-0.1, -0.05) is 24.3 Å². The smallest absolute Gasteiger partial charge is 0.178 e. The number of hydrogen-bond donors (Lipinski definition) is 0. The molecule has 0 amide bonds. The van der Waals surface area contributed by atoms with Crippen molar-refractivity contribution in [1.29, 1.82) is 0 Å². The molecular formula is C15H13N3. The minimum absolute atomic E-state index is 0.684. The molecule has 0 saturated carbocycles. The highest BCUT2D eigenvalue weighted by Gasteiger charge is 2.05. The van der Waals surface area contributed by atoms with E-state index in [1.54, 1.807) is 0 Å². The van der Waals surface area contributed by atoms with E-state index in [1.165, 1.54) is 0 Å². The summed E-state index contributed by atoms with van der Waals surface area (Å²) in [5.41, 5.74) is 3.88. The molecule has 0 aliphatic rings. The third-order valence-electron chi connectivity index (χ3n) is 3.05. The average Bonchev–Trinajstić information content (AvgIpc) is 2.41. The standard InChI is InChI=1S/C15H13N3/c1-10-9-16-15(17-11(10)2)14-8-7-12-5-3-4-6-13(12)18-14/h3-9H,1-2H3. The zero-order chi connectivity index (χ0) is 12.5. The van der Waals surface area contributed by atoms with Gasteiger partial charge in [-0.05, 0) is 31.5 Å². The van der Waals surface area contributed by atoms with Gasteiger partial charge in [0.05, 0.1) is 5.52 Å². The van der Waals surface area contributed by atoms with Crippen molar-refractivity contribution in [2.45, 2.75) is 13.8 Å². The summed E-state index contributed by atoms with van der Waals surface area (Å²) in [5.74, 6) is 0.684. The van der Waals surface area contributed by atoms with Gasteiger partial charge in [0, 0.05) is 17.3 Å². The van der Waals surface area contributed by atoms with Crippen molar-refractivity contribution in [3.63, 3.8) is 0 Å². The molecule has 1 aromatic carbocycles. The number of aryl methyl sites for hydroxylation is 2. The van der Waals surface area contributed by atoms with Gasteiger partial charge in [0.2, 0.25) is 0 Å². The SMILES string of the molecule is Cc1cnc(-c2ccc3ccccc3n2)nc1C. The van der Waals surface area contributed by atoms with Gasteiger partial charge >= 0.3 is 0 Å². The molecule has 0 saturated heterocycles. The number of nitrogens with zero attached hydrogens (tertiary/aromatic N) is 3. The Morgan fingerprint density at radius 1 is 0.889 bits per heavy atom. The lowest BCUT2D eigenvalue weighted by Crippen LogP contribution is -1.96. The van der Waals surface area contributed by atoms with Gasteiger partial charge in [-0.2, -0.15) is 0 Å². The summed E-state index contributed by atoms with van der Waals surface area (Å²) in [6, 6.07) is 12.1. The summed E-state index contributed by atoms with van der Waals surface area (Å²) >= 11 is 0. The Bertz CT molecular complexity index is 720. The Morgan fingerprint density at radius 2 is 1.72 bits per heavy atom. The predicted octanol–water partition coefficient (Wildman–Crippen LogP) is 3.31. The van der Waals surface area contributed by atoms with E-state index in [1.807, 2.05) is 50.4 Å². The third kappa shape index (κ3) is 1.84. The van der Waals surface area contributed by atoms with E-state index in [-0.39, 0.29) is 0 Å². The largest absolute Gasteiger partial charge is 0.244 e. The van der Waals surface area contributed by atoms with Gasteiger partial charge in [0.25, 0.3) is 0 Å². The molecule has 3 aromatic rings. The maximum atomic E-state index is 4.59. The second kappa shape index (κ2) is 4.18. The van der Waals surface area contributed by atoms with E-state index in [9.17, 15) is 0 Å². The first kappa shape index (κ1) is 10.8. The van der Waals surface area contributed by atoms with Crippen LogP contribution in [0.2, 0.25) is 0 Å². The molecule has 88 valence electrons. The summed E-state index contributed by atoms with van der Waals surface area (Å²) < 4.78 is 0. The lowest BCUT2D eigenvalue weighted by atomic mass is 10.2. The van der Waals surface area contributed by atoms with Crippen molar-refractivity contribution < 1.29 is 0 Å². The van der Waals surface area contributed by atoms with Crippen molar-refractivity contribution in [1.82, 2.24) is 15.0 Å². The van der Waals surface area contributed by atoms with E-state index in [0.717, 1.165) is 27.9 Å². The zero-order valence-corrected chi connectivity index (χ0v) is 10.4. The van der Waals surface area contributed by atoms with Gasteiger partial charge in [-0.15, -0.1) is 0 Å². The molecule has 3 nitrogen and oxygen atoms in total. The highest BCUT2D eigenvalue weighted by Crippen LogP contribution is 2.18. The highest BCUT2D eigenvalue weighted by molar-refractivity contribution is 5.80. The van der Waals surface area contributed by atoms with E-state index < -0.39 is 0 Å². The Kier molecular flexibility index (Phi) is 2.52. The molecule has 0 atom stereocenters. The minimum Gasteiger partial charge on any atom is -0.244 e. The highest BCUT2D eigenvalue weighted by atomic mass is 14.9. The maximum absolute atomic E-state index is 4.59. The predicted molar refractivity (Wildman–Crippen MR) is 72.2 cm³/mol. The van der Waals surface area contributed by atoms with Crippen molar-refractivity contribution in [2.75, 3.05) is 0 Å². The summed E-state index contributed by atoms with van der Waals surface area (Å²) in [6.07, 6.45) is 1.84. The molecule has 2 aromatic heterocycles. The molecule has 0 radical (unpaired) electrons. The van der Waals surface area contributed by atoms with Crippen LogP contribution in [0.15, 0.2) is 42.6 Å². The van der Waals surface area contributed by atoms with Crippen LogP contribution < -0.4 is 0 Å².